The number of hydrogen-bond donors (Lipinski definition) is 0. The van der Waals surface area contributed by atoms with Gasteiger partial charge in [-0.3, -0.25) is 9.78 Å². The standard InChI is InChI=1S/C16H19N3O2S/c1-12-18-15(11-22-12)16(20)19-7-3-5-14(9-19)21-10-13-4-2-6-17-8-13/h2,4,6,8,11,14H,3,5,7,9-10H2,1H3. The predicted octanol–water partition coefficient (Wildman–Crippen LogP) is 2.67. The minimum atomic E-state index is 0.0130. The minimum Gasteiger partial charge on any atom is -0.372 e. The van der Waals surface area contributed by atoms with Gasteiger partial charge in [0.25, 0.3) is 5.91 Å². The van der Waals surface area contributed by atoms with E-state index in [1.54, 1.807) is 6.20 Å². The Bertz CT molecular complexity index is 629. The summed E-state index contributed by atoms with van der Waals surface area (Å²) < 4.78 is 5.94. The fourth-order valence-corrected chi connectivity index (χ4v) is 3.17. The van der Waals surface area contributed by atoms with E-state index >= 15 is 0 Å². The van der Waals surface area contributed by atoms with E-state index in [0.29, 0.717) is 18.8 Å². The van der Waals surface area contributed by atoms with Crippen LogP contribution in [0.4, 0.5) is 0 Å². The molecular weight excluding hydrogens is 298 g/mol. The third-order valence-corrected chi connectivity index (χ3v) is 4.49. The molecule has 1 atom stereocenters. The van der Waals surface area contributed by atoms with Crippen LogP contribution in [0.1, 0.15) is 33.9 Å². The summed E-state index contributed by atoms with van der Waals surface area (Å²) in [5, 5.41) is 2.75. The first-order valence-corrected chi connectivity index (χ1v) is 8.32. The Morgan fingerprint density at radius 1 is 1.55 bits per heavy atom. The smallest absolute Gasteiger partial charge is 0.273 e. The van der Waals surface area contributed by atoms with Crippen LogP contribution in [0.2, 0.25) is 0 Å². The summed E-state index contributed by atoms with van der Waals surface area (Å²) in [5.74, 6) is 0.0130. The Balaban J connectivity index is 1.56. The second-order valence-electron chi connectivity index (χ2n) is 5.44. The van der Waals surface area contributed by atoms with Gasteiger partial charge in [0.1, 0.15) is 5.69 Å². The van der Waals surface area contributed by atoms with Crippen LogP contribution in [-0.2, 0) is 11.3 Å². The van der Waals surface area contributed by atoms with Crippen LogP contribution >= 0.6 is 11.3 Å². The van der Waals surface area contributed by atoms with Crippen LogP contribution < -0.4 is 0 Å². The molecule has 0 saturated carbocycles. The zero-order valence-electron chi connectivity index (χ0n) is 12.6. The second-order valence-corrected chi connectivity index (χ2v) is 6.50. The van der Waals surface area contributed by atoms with Crippen molar-refractivity contribution in [1.82, 2.24) is 14.9 Å². The Hall–Kier alpha value is -1.79. The number of likely N-dealkylation sites (tertiary alicyclic amines) is 1. The molecule has 3 rings (SSSR count). The van der Waals surface area contributed by atoms with Crippen molar-refractivity contribution in [1.29, 1.82) is 0 Å². The highest BCUT2D eigenvalue weighted by Crippen LogP contribution is 2.18. The zero-order valence-corrected chi connectivity index (χ0v) is 13.4. The number of aromatic nitrogens is 2. The summed E-state index contributed by atoms with van der Waals surface area (Å²) in [6, 6.07) is 3.90. The molecule has 116 valence electrons. The maximum atomic E-state index is 12.4. The molecule has 0 aromatic carbocycles. The molecule has 1 amide bonds. The Morgan fingerprint density at radius 3 is 3.18 bits per heavy atom. The first kappa shape index (κ1) is 15.1. The molecule has 3 heterocycles. The maximum absolute atomic E-state index is 12.4. The molecule has 0 bridgehead atoms. The molecule has 22 heavy (non-hydrogen) atoms. The molecular formula is C16H19N3O2S. The van der Waals surface area contributed by atoms with Crippen molar-refractivity contribution in [3.63, 3.8) is 0 Å². The molecule has 2 aromatic rings. The average molecular weight is 317 g/mol. The monoisotopic (exact) mass is 317 g/mol. The molecule has 1 saturated heterocycles. The molecule has 5 nitrogen and oxygen atoms in total. The van der Waals surface area contributed by atoms with Gasteiger partial charge in [-0.05, 0) is 31.4 Å². The molecule has 1 fully saturated rings. The number of amides is 1. The fraction of sp³-hybridized carbons (Fsp3) is 0.438. The van der Waals surface area contributed by atoms with Crippen molar-refractivity contribution in [2.75, 3.05) is 13.1 Å². The van der Waals surface area contributed by atoms with Gasteiger partial charge in [-0.25, -0.2) is 4.98 Å². The van der Waals surface area contributed by atoms with Crippen molar-refractivity contribution in [2.24, 2.45) is 0 Å². The lowest BCUT2D eigenvalue weighted by Gasteiger charge is -2.32. The fourth-order valence-electron chi connectivity index (χ4n) is 2.58. The van der Waals surface area contributed by atoms with Crippen LogP contribution in [0.25, 0.3) is 0 Å². The van der Waals surface area contributed by atoms with Crippen molar-refractivity contribution in [2.45, 2.75) is 32.5 Å². The maximum Gasteiger partial charge on any atom is 0.273 e. The Kier molecular flexibility index (Phi) is 4.80. The molecule has 2 aromatic heterocycles. The highest BCUT2D eigenvalue weighted by molar-refractivity contribution is 7.09. The van der Waals surface area contributed by atoms with E-state index in [1.807, 2.05) is 35.5 Å². The van der Waals surface area contributed by atoms with E-state index in [2.05, 4.69) is 9.97 Å². The van der Waals surface area contributed by atoms with Gasteiger partial charge >= 0.3 is 0 Å². The number of ether oxygens (including phenoxy) is 1. The van der Waals surface area contributed by atoms with Gasteiger partial charge in [0.15, 0.2) is 0 Å². The van der Waals surface area contributed by atoms with Gasteiger partial charge in [0.2, 0.25) is 0 Å². The minimum absolute atomic E-state index is 0.0130. The van der Waals surface area contributed by atoms with E-state index < -0.39 is 0 Å². The van der Waals surface area contributed by atoms with Gasteiger partial charge < -0.3 is 9.64 Å². The van der Waals surface area contributed by atoms with E-state index in [1.165, 1.54) is 11.3 Å². The topological polar surface area (TPSA) is 55.3 Å². The zero-order chi connectivity index (χ0) is 15.4. The number of nitrogens with zero attached hydrogens (tertiary/aromatic N) is 3. The van der Waals surface area contributed by atoms with Crippen molar-refractivity contribution in [3.8, 4) is 0 Å². The first-order valence-electron chi connectivity index (χ1n) is 7.44. The largest absolute Gasteiger partial charge is 0.372 e. The summed E-state index contributed by atoms with van der Waals surface area (Å²) in [6.07, 6.45) is 5.59. The lowest BCUT2D eigenvalue weighted by atomic mass is 10.1. The van der Waals surface area contributed by atoms with E-state index in [9.17, 15) is 4.79 Å². The summed E-state index contributed by atoms with van der Waals surface area (Å²) in [5.41, 5.74) is 1.61. The summed E-state index contributed by atoms with van der Waals surface area (Å²) in [7, 11) is 0. The summed E-state index contributed by atoms with van der Waals surface area (Å²) in [4.78, 5) is 22.7. The average Bonchev–Trinajstić information content (AvgIpc) is 3.00. The second kappa shape index (κ2) is 6.98. The molecule has 0 N–H and O–H groups in total. The molecule has 0 spiro atoms. The number of carbonyl (C=O) groups excluding carboxylic acids is 1. The van der Waals surface area contributed by atoms with Crippen LogP contribution in [-0.4, -0.2) is 40.0 Å². The Morgan fingerprint density at radius 2 is 2.45 bits per heavy atom. The number of thiazole rings is 1. The van der Waals surface area contributed by atoms with Crippen LogP contribution in [0.5, 0.6) is 0 Å². The quantitative estimate of drug-likeness (QED) is 0.870. The van der Waals surface area contributed by atoms with Crippen LogP contribution in [0.15, 0.2) is 29.9 Å². The lowest BCUT2D eigenvalue weighted by Crippen LogP contribution is -2.43. The molecule has 1 unspecified atom stereocenters. The van der Waals surface area contributed by atoms with Gasteiger partial charge in [0, 0.05) is 30.9 Å². The highest BCUT2D eigenvalue weighted by Gasteiger charge is 2.26. The van der Waals surface area contributed by atoms with Gasteiger partial charge in [-0.1, -0.05) is 6.07 Å². The van der Waals surface area contributed by atoms with Crippen molar-refractivity contribution in [3.05, 3.63) is 46.2 Å². The third kappa shape index (κ3) is 3.69. The molecule has 0 aliphatic carbocycles. The summed E-state index contributed by atoms with van der Waals surface area (Å²) >= 11 is 1.51. The third-order valence-electron chi connectivity index (χ3n) is 3.71. The number of piperidine rings is 1. The predicted molar refractivity (Wildman–Crippen MR) is 84.8 cm³/mol. The van der Waals surface area contributed by atoms with Crippen molar-refractivity contribution >= 4 is 17.2 Å². The van der Waals surface area contributed by atoms with Crippen molar-refractivity contribution < 1.29 is 9.53 Å². The lowest BCUT2D eigenvalue weighted by molar-refractivity contribution is -0.00695. The summed E-state index contributed by atoms with van der Waals surface area (Å²) in [6.45, 7) is 3.87. The van der Waals surface area contributed by atoms with Crippen LogP contribution in [0, 0.1) is 6.92 Å². The van der Waals surface area contributed by atoms with Gasteiger partial charge in [0.05, 0.1) is 17.7 Å². The Labute approximate surface area is 134 Å². The molecule has 0 radical (unpaired) electrons. The highest BCUT2D eigenvalue weighted by atomic mass is 32.1. The number of carbonyl (C=O) groups is 1. The first-order chi connectivity index (χ1) is 10.7. The van der Waals surface area contributed by atoms with Gasteiger partial charge in [-0.2, -0.15) is 0 Å². The number of rotatable bonds is 4. The van der Waals surface area contributed by atoms with E-state index in [0.717, 1.165) is 30.0 Å². The molecule has 1 aliphatic heterocycles. The number of hydrogen-bond acceptors (Lipinski definition) is 5. The molecule has 1 aliphatic rings. The normalized spacial score (nSPS) is 18.4. The van der Waals surface area contributed by atoms with E-state index in [4.69, 9.17) is 4.74 Å². The van der Waals surface area contributed by atoms with Crippen LogP contribution in [0.3, 0.4) is 0 Å². The SMILES string of the molecule is Cc1nc(C(=O)N2CCCC(OCc3cccnc3)C2)cs1. The van der Waals surface area contributed by atoms with Gasteiger partial charge in [-0.15, -0.1) is 11.3 Å². The van der Waals surface area contributed by atoms with E-state index in [-0.39, 0.29) is 12.0 Å². The molecule has 6 heteroatoms. The number of pyridine rings is 1. The number of aryl methyl sites for hydroxylation is 1.